The van der Waals surface area contributed by atoms with Gasteiger partial charge >= 0.3 is 12.0 Å². The minimum atomic E-state index is -0.793. The second kappa shape index (κ2) is 5.36. The van der Waals surface area contributed by atoms with E-state index in [0.29, 0.717) is 19.8 Å². The summed E-state index contributed by atoms with van der Waals surface area (Å²) in [5.74, 6) is -0.793. The second-order valence-electron chi connectivity index (χ2n) is 6.09. The van der Waals surface area contributed by atoms with E-state index in [4.69, 9.17) is 9.84 Å². The lowest BCUT2D eigenvalue weighted by atomic mass is 9.66. The molecule has 19 heavy (non-hydrogen) atoms. The number of carboxylic acids is 1. The Kier molecular flexibility index (Phi) is 3.99. The summed E-state index contributed by atoms with van der Waals surface area (Å²) in [6.45, 7) is 3.58. The minimum absolute atomic E-state index is 0.133. The number of hydrogen-bond acceptors (Lipinski definition) is 3. The third-order valence-corrected chi connectivity index (χ3v) is 4.20. The molecule has 1 aliphatic heterocycles. The van der Waals surface area contributed by atoms with Crippen molar-refractivity contribution in [2.24, 2.45) is 5.41 Å². The first-order valence-corrected chi connectivity index (χ1v) is 6.79. The van der Waals surface area contributed by atoms with Crippen LogP contribution in [0.15, 0.2) is 0 Å². The zero-order valence-corrected chi connectivity index (χ0v) is 11.3. The number of nitrogens with one attached hydrogen (secondary N) is 2. The van der Waals surface area contributed by atoms with Crippen LogP contribution >= 0.6 is 0 Å². The van der Waals surface area contributed by atoms with E-state index in [1.807, 2.05) is 6.92 Å². The Hall–Kier alpha value is -1.30. The molecule has 6 nitrogen and oxygen atoms in total. The maximum Gasteiger partial charge on any atom is 0.315 e. The molecular weight excluding hydrogens is 248 g/mol. The Morgan fingerprint density at radius 3 is 2.53 bits per heavy atom. The lowest BCUT2D eigenvalue weighted by molar-refractivity contribution is -0.141. The van der Waals surface area contributed by atoms with Gasteiger partial charge in [-0.05, 0) is 31.6 Å². The van der Waals surface area contributed by atoms with Crippen LogP contribution in [-0.4, -0.2) is 42.4 Å². The van der Waals surface area contributed by atoms with E-state index in [9.17, 15) is 9.59 Å². The van der Waals surface area contributed by atoms with Crippen LogP contribution in [0, 0.1) is 5.41 Å². The molecule has 0 aromatic carbocycles. The lowest BCUT2D eigenvalue weighted by Gasteiger charge is -2.41. The molecule has 1 atom stereocenters. The summed E-state index contributed by atoms with van der Waals surface area (Å²) in [5, 5.41) is 14.6. The first kappa shape index (κ1) is 14.1. The van der Waals surface area contributed by atoms with Crippen LogP contribution in [0.1, 0.15) is 39.0 Å². The Morgan fingerprint density at radius 2 is 2.05 bits per heavy atom. The normalized spacial score (nSPS) is 28.5. The summed E-state index contributed by atoms with van der Waals surface area (Å²) in [5.41, 5.74) is -0.542. The zero-order valence-electron chi connectivity index (χ0n) is 11.3. The van der Waals surface area contributed by atoms with E-state index in [-0.39, 0.29) is 23.4 Å². The number of hydrogen-bond donors (Lipinski definition) is 3. The fourth-order valence-electron chi connectivity index (χ4n) is 2.77. The average Bonchev–Trinajstić information content (AvgIpc) is 2.68. The molecule has 6 heteroatoms. The molecule has 0 bridgehead atoms. The highest BCUT2D eigenvalue weighted by molar-refractivity contribution is 5.75. The van der Waals surface area contributed by atoms with Crippen molar-refractivity contribution in [3.63, 3.8) is 0 Å². The highest BCUT2D eigenvalue weighted by atomic mass is 16.5. The minimum Gasteiger partial charge on any atom is -0.481 e. The van der Waals surface area contributed by atoms with Crippen LogP contribution in [0.3, 0.4) is 0 Å². The molecule has 2 rings (SSSR count). The molecule has 0 aromatic heterocycles. The molecule has 1 aliphatic carbocycles. The molecule has 2 fully saturated rings. The number of urea groups is 1. The smallest absolute Gasteiger partial charge is 0.315 e. The third kappa shape index (κ3) is 3.59. The molecule has 2 aliphatic rings. The maximum absolute atomic E-state index is 11.9. The number of carbonyl (C=O) groups excluding carboxylic acids is 1. The first-order valence-electron chi connectivity index (χ1n) is 6.79. The number of carboxylic acid groups (broad SMARTS) is 1. The van der Waals surface area contributed by atoms with E-state index >= 15 is 0 Å². The topological polar surface area (TPSA) is 87.7 Å². The Bertz CT molecular complexity index is 360. The van der Waals surface area contributed by atoms with Crippen LogP contribution in [0.2, 0.25) is 0 Å². The van der Waals surface area contributed by atoms with Gasteiger partial charge in [0.15, 0.2) is 0 Å². The Labute approximate surface area is 112 Å². The molecule has 2 amide bonds. The number of carbonyl (C=O) groups is 2. The fraction of sp³-hybridized carbons (Fsp3) is 0.846. The lowest BCUT2D eigenvalue weighted by Crippen LogP contribution is -2.53. The van der Waals surface area contributed by atoms with Gasteiger partial charge in [-0.25, -0.2) is 4.79 Å². The van der Waals surface area contributed by atoms with Gasteiger partial charge in [-0.3, -0.25) is 4.79 Å². The van der Waals surface area contributed by atoms with Crippen molar-refractivity contribution in [3.05, 3.63) is 0 Å². The van der Waals surface area contributed by atoms with Gasteiger partial charge in [0.1, 0.15) is 0 Å². The molecule has 1 unspecified atom stereocenters. The van der Waals surface area contributed by atoms with Crippen molar-refractivity contribution in [3.8, 4) is 0 Å². The average molecular weight is 270 g/mol. The fourth-order valence-corrected chi connectivity index (χ4v) is 2.77. The predicted molar refractivity (Wildman–Crippen MR) is 68.9 cm³/mol. The van der Waals surface area contributed by atoms with E-state index in [2.05, 4.69) is 10.6 Å². The summed E-state index contributed by atoms with van der Waals surface area (Å²) in [4.78, 5) is 22.7. The van der Waals surface area contributed by atoms with Crippen LogP contribution in [0.5, 0.6) is 0 Å². The van der Waals surface area contributed by atoms with Gasteiger partial charge in [0.25, 0.3) is 0 Å². The van der Waals surface area contributed by atoms with E-state index in [0.717, 1.165) is 25.7 Å². The van der Waals surface area contributed by atoms with Crippen LogP contribution in [0.4, 0.5) is 4.79 Å². The maximum atomic E-state index is 11.9. The van der Waals surface area contributed by atoms with Crippen LogP contribution < -0.4 is 10.6 Å². The summed E-state index contributed by atoms with van der Waals surface area (Å²) < 4.78 is 5.27. The van der Waals surface area contributed by atoms with Gasteiger partial charge in [-0.1, -0.05) is 6.42 Å². The summed E-state index contributed by atoms with van der Waals surface area (Å²) in [6.07, 6.45) is 3.73. The quantitative estimate of drug-likeness (QED) is 0.698. The molecule has 0 radical (unpaired) electrons. The van der Waals surface area contributed by atoms with E-state index < -0.39 is 5.97 Å². The number of ether oxygens (including phenoxy) is 1. The van der Waals surface area contributed by atoms with Crippen molar-refractivity contribution in [1.29, 1.82) is 0 Å². The highest BCUT2D eigenvalue weighted by Gasteiger charge is 2.39. The van der Waals surface area contributed by atoms with Crippen LogP contribution in [0.25, 0.3) is 0 Å². The van der Waals surface area contributed by atoms with Gasteiger partial charge in [0.05, 0.1) is 18.6 Å². The third-order valence-electron chi connectivity index (χ3n) is 4.20. The zero-order chi connectivity index (χ0) is 13.9. The van der Waals surface area contributed by atoms with Crippen molar-refractivity contribution >= 4 is 12.0 Å². The molecule has 1 heterocycles. The summed E-state index contributed by atoms with van der Waals surface area (Å²) in [6, 6.07) is -0.232. The van der Waals surface area contributed by atoms with Crippen LogP contribution in [-0.2, 0) is 9.53 Å². The van der Waals surface area contributed by atoms with Gasteiger partial charge < -0.3 is 20.5 Å². The number of amides is 2. The summed E-state index contributed by atoms with van der Waals surface area (Å²) in [7, 11) is 0. The number of rotatable bonds is 5. The summed E-state index contributed by atoms with van der Waals surface area (Å²) >= 11 is 0. The standard InChI is InChI=1S/C13H22N2O4/c1-12(5-6-19-9-12)15-11(18)14-8-13(3-2-4-13)7-10(16)17/h2-9H2,1H3,(H,16,17)(H2,14,15,18). The van der Waals surface area contributed by atoms with Crippen molar-refractivity contribution in [1.82, 2.24) is 10.6 Å². The monoisotopic (exact) mass is 270 g/mol. The number of aliphatic carboxylic acids is 1. The highest BCUT2D eigenvalue weighted by Crippen LogP contribution is 2.43. The Morgan fingerprint density at radius 1 is 1.32 bits per heavy atom. The van der Waals surface area contributed by atoms with E-state index in [1.54, 1.807) is 0 Å². The second-order valence-corrected chi connectivity index (χ2v) is 6.09. The largest absolute Gasteiger partial charge is 0.481 e. The molecule has 0 aromatic rings. The van der Waals surface area contributed by atoms with Gasteiger partial charge in [0, 0.05) is 13.2 Å². The van der Waals surface area contributed by atoms with E-state index in [1.165, 1.54) is 0 Å². The molecule has 1 saturated heterocycles. The molecule has 108 valence electrons. The van der Waals surface area contributed by atoms with Crippen molar-refractivity contribution in [2.75, 3.05) is 19.8 Å². The molecular formula is C13H22N2O4. The van der Waals surface area contributed by atoms with Gasteiger partial charge in [-0.15, -0.1) is 0 Å². The van der Waals surface area contributed by atoms with Gasteiger partial charge in [0.2, 0.25) is 0 Å². The van der Waals surface area contributed by atoms with Crippen molar-refractivity contribution < 1.29 is 19.4 Å². The molecule has 0 spiro atoms. The first-order chi connectivity index (χ1) is 8.93. The van der Waals surface area contributed by atoms with Gasteiger partial charge in [-0.2, -0.15) is 0 Å². The Balaban J connectivity index is 1.77. The predicted octanol–water partition coefficient (Wildman–Crippen LogP) is 1.11. The molecule has 3 N–H and O–H groups in total. The molecule has 1 saturated carbocycles. The van der Waals surface area contributed by atoms with Crippen molar-refractivity contribution in [2.45, 2.75) is 44.6 Å². The SMILES string of the molecule is CC1(NC(=O)NCC2(CC(=O)O)CCC2)CCOC1.